The van der Waals surface area contributed by atoms with Gasteiger partial charge in [0, 0.05) is 24.6 Å². The average molecular weight is 163 g/mol. The SMILES string of the molecule is Cn1c(N)nc2c1C1CCC2C1. The van der Waals surface area contributed by atoms with Crippen LogP contribution in [0.15, 0.2) is 0 Å². The monoisotopic (exact) mass is 163 g/mol. The van der Waals surface area contributed by atoms with Crippen molar-refractivity contribution in [1.82, 2.24) is 9.55 Å². The van der Waals surface area contributed by atoms with E-state index in [1.807, 2.05) is 7.05 Å². The van der Waals surface area contributed by atoms with E-state index in [0.29, 0.717) is 5.95 Å². The largest absolute Gasteiger partial charge is 0.369 e. The second-order valence-corrected chi connectivity index (χ2v) is 4.01. The maximum absolute atomic E-state index is 5.76. The molecule has 0 radical (unpaired) electrons. The van der Waals surface area contributed by atoms with Gasteiger partial charge in [0.25, 0.3) is 0 Å². The van der Waals surface area contributed by atoms with Crippen LogP contribution in [0.5, 0.6) is 0 Å². The lowest BCUT2D eigenvalue weighted by Crippen LogP contribution is -2.04. The van der Waals surface area contributed by atoms with E-state index in [9.17, 15) is 0 Å². The molecule has 2 N–H and O–H groups in total. The summed E-state index contributed by atoms with van der Waals surface area (Å²) in [6.07, 6.45) is 4.00. The number of nitrogen functional groups attached to an aromatic ring is 1. The molecule has 1 fully saturated rings. The van der Waals surface area contributed by atoms with Gasteiger partial charge in [0.15, 0.2) is 5.95 Å². The lowest BCUT2D eigenvalue weighted by atomic mass is 10.0. The minimum atomic E-state index is 0.691. The van der Waals surface area contributed by atoms with Gasteiger partial charge in [-0.1, -0.05) is 0 Å². The molecular formula is C9H13N3. The topological polar surface area (TPSA) is 43.8 Å². The van der Waals surface area contributed by atoms with Crippen LogP contribution in [0.25, 0.3) is 0 Å². The van der Waals surface area contributed by atoms with Crippen molar-refractivity contribution in [2.75, 3.05) is 5.73 Å². The number of aromatic nitrogens is 2. The predicted octanol–water partition coefficient (Wildman–Crippen LogP) is 1.37. The Morgan fingerprint density at radius 2 is 2.17 bits per heavy atom. The minimum Gasteiger partial charge on any atom is -0.369 e. The van der Waals surface area contributed by atoms with E-state index < -0.39 is 0 Å². The summed E-state index contributed by atoms with van der Waals surface area (Å²) in [5.74, 6) is 2.19. The predicted molar refractivity (Wildman–Crippen MR) is 47.0 cm³/mol. The van der Waals surface area contributed by atoms with Crippen LogP contribution in [0.2, 0.25) is 0 Å². The highest BCUT2D eigenvalue weighted by molar-refractivity contribution is 5.39. The molecule has 3 heteroatoms. The van der Waals surface area contributed by atoms with E-state index in [4.69, 9.17) is 5.73 Å². The number of anilines is 1. The summed E-state index contributed by atoms with van der Waals surface area (Å²) in [6.45, 7) is 0. The maximum atomic E-state index is 5.76. The normalized spacial score (nSPS) is 31.1. The van der Waals surface area contributed by atoms with Crippen LogP contribution in [-0.4, -0.2) is 9.55 Å². The number of hydrogen-bond donors (Lipinski definition) is 1. The van der Waals surface area contributed by atoms with Gasteiger partial charge in [-0.15, -0.1) is 0 Å². The first-order valence-electron chi connectivity index (χ1n) is 4.59. The molecule has 0 aromatic carbocycles. The molecule has 2 aliphatic carbocycles. The Balaban J connectivity index is 2.25. The van der Waals surface area contributed by atoms with Crippen molar-refractivity contribution in [1.29, 1.82) is 0 Å². The third-order valence-electron chi connectivity index (χ3n) is 3.41. The molecule has 64 valence electrons. The number of nitrogens with zero attached hydrogens (tertiary/aromatic N) is 2. The van der Waals surface area contributed by atoms with Crippen molar-refractivity contribution in [3.63, 3.8) is 0 Å². The first-order valence-corrected chi connectivity index (χ1v) is 4.59. The van der Waals surface area contributed by atoms with Gasteiger partial charge in [-0.3, -0.25) is 0 Å². The van der Waals surface area contributed by atoms with Gasteiger partial charge >= 0.3 is 0 Å². The highest BCUT2D eigenvalue weighted by Crippen LogP contribution is 2.52. The zero-order chi connectivity index (χ0) is 8.29. The molecule has 2 unspecified atom stereocenters. The first kappa shape index (κ1) is 6.52. The Kier molecular flexibility index (Phi) is 1.000. The third kappa shape index (κ3) is 0.564. The van der Waals surface area contributed by atoms with Gasteiger partial charge in [0.1, 0.15) is 0 Å². The van der Waals surface area contributed by atoms with Crippen LogP contribution < -0.4 is 5.73 Å². The Morgan fingerprint density at radius 1 is 1.42 bits per heavy atom. The van der Waals surface area contributed by atoms with E-state index in [1.165, 1.54) is 30.7 Å². The number of imidazole rings is 1. The molecule has 1 aromatic rings. The van der Waals surface area contributed by atoms with E-state index >= 15 is 0 Å². The summed E-state index contributed by atoms with van der Waals surface area (Å²) in [6, 6.07) is 0. The van der Waals surface area contributed by atoms with Gasteiger partial charge in [0.05, 0.1) is 5.69 Å². The van der Waals surface area contributed by atoms with Crippen LogP contribution in [0.1, 0.15) is 42.5 Å². The van der Waals surface area contributed by atoms with Crippen molar-refractivity contribution in [3.05, 3.63) is 11.4 Å². The Labute approximate surface area is 71.6 Å². The summed E-state index contributed by atoms with van der Waals surface area (Å²) < 4.78 is 2.07. The van der Waals surface area contributed by atoms with Gasteiger partial charge in [-0.2, -0.15) is 0 Å². The summed E-state index contributed by atoms with van der Waals surface area (Å²) in [5, 5.41) is 0. The fourth-order valence-corrected chi connectivity index (χ4v) is 2.81. The van der Waals surface area contributed by atoms with Crippen LogP contribution in [-0.2, 0) is 7.05 Å². The fourth-order valence-electron chi connectivity index (χ4n) is 2.81. The molecule has 2 aliphatic rings. The first-order chi connectivity index (χ1) is 5.77. The highest BCUT2D eigenvalue weighted by Gasteiger charge is 2.40. The van der Waals surface area contributed by atoms with Crippen molar-refractivity contribution in [3.8, 4) is 0 Å². The molecule has 1 saturated carbocycles. The van der Waals surface area contributed by atoms with E-state index in [1.54, 1.807) is 0 Å². The van der Waals surface area contributed by atoms with Crippen LogP contribution in [0, 0.1) is 0 Å². The molecule has 0 aliphatic heterocycles. The third-order valence-corrected chi connectivity index (χ3v) is 3.41. The molecule has 2 atom stereocenters. The van der Waals surface area contributed by atoms with Gasteiger partial charge in [-0.05, 0) is 19.3 Å². The van der Waals surface area contributed by atoms with E-state index in [2.05, 4.69) is 9.55 Å². The molecule has 12 heavy (non-hydrogen) atoms. The Morgan fingerprint density at radius 3 is 2.92 bits per heavy atom. The average Bonchev–Trinajstić information content (AvgIpc) is 2.66. The van der Waals surface area contributed by atoms with Crippen LogP contribution >= 0.6 is 0 Å². The quantitative estimate of drug-likeness (QED) is 0.627. The minimum absolute atomic E-state index is 0.691. The smallest absolute Gasteiger partial charge is 0.200 e. The maximum Gasteiger partial charge on any atom is 0.200 e. The summed E-state index contributed by atoms with van der Waals surface area (Å²) in [4.78, 5) is 4.41. The molecular weight excluding hydrogens is 150 g/mol. The van der Waals surface area contributed by atoms with E-state index in [-0.39, 0.29) is 0 Å². The lowest BCUT2D eigenvalue weighted by Gasteiger charge is -2.10. The van der Waals surface area contributed by atoms with Gasteiger partial charge in [0.2, 0.25) is 0 Å². The summed E-state index contributed by atoms with van der Waals surface area (Å²) >= 11 is 0. The second kappa shape index (κ2) is 1.84. The molecule has 1 aromatic heterocycles. The molecule has 2 bridgehead atoms. The van der Waals surface area contributed by atoms with Crippen molar-refractivity contribution >= 4 is 5.95 Å². The summed E-state index contributed by atoms with van der Waals surface area (Å²) in [5.41, 5.74) is 8.47. The van der Waals surface area contributed by atoms with Crippen molar-refractivity contribution < 1.29 is 0 Å². The molecule has 0 spiro atoms. The molecule has 3 nitrogen and oxygen atoms in total. The standard InChI is InChI=1S/C9H13N3/c1-12-8-6-3-2-5(4-6)7(8)11-9(12)10/h5-6H,2-4H2,1H3,(H2,10,11). The summed E-state index contributed by atoms with van der Waals surface area (Å²) in [7, 11) is 2.03. The van der Waals surface area contributed by atoms with E-state index in [0.717, 1.165) is 11.8 Å². The number of fused-ring (bicyclic) bond motifs is 5. The second-order valence-electron chi connectivity index (χ2n) is 4.01. The van der Waals surface area contributed by atoms with Crippen molar-refractivity contribution in [2.24, 2.45) is 7.05 Å². The number of rotatable bonds is 0. The molecule has 1 heterocycles. The zero-order valence-electron chi connectivity index (χ0n) is 7.25. The zero-order valence-corrected chi connectivity index (χ0v) is 7.25. The number of hydrogen-bond acceptors (Lipinski definition) is 2. The van der Waals surface area contributed by atoms with Crippen LogP contribution in [0.4, 0.5) is 5.95 Å². The van der Waals surface area contributed by atoms with Gasteiger partial charge < -0.3 is 10.3 Å². The number of nitrogens with two attached hydrogens (primary N) is 1. The molecule has 0 saturated heterocycles. The van der Waals surface area contributed by atoms with Gasteiger partial charge in [-0.25, -0.2) is 4.98 Å². The Hall–Kier alpha value is -0.990. The lowest BCUT2D eigenvalue weighted by molar-refractivity contribution is 0.666. The molecule has 0 amide bonds. The fraction of sp³-hybridized carbons (Fsp3) is 0.667. The van der Waals surface area contributed by atoms with Crippen LogP contribution in [0.3, 0.4) is 0 Å². The highest BCUT2D eigenvalue weighted by atomic mass is 15.2. The molecule has 3 rings (SSSR count). The Bertz CT molecular complexity index is 340. The van der Waals surface area contributed by atoms with Crippen molar-refractivity contribution in [2.45, 2.75) is 31.1 Å².